The summed E-state index contributed by atoms with van der Waals surface area (Å²) in [6.45, 7) is 4.20. The summed E-state index contributed by atoms with van der Waals surface area (Å²) in [5.74, 6) is 0. The van der Waals surface area contributed by atoms with E-state index in [9.17, 15) is 0 Å². The summed E-state index contributed by atoms with van der Waals surface area (Å²) in [6.07, 6.45) is 4.93. The summed E-state index contributed by atoms with van der Waals surface area (Å²) in [4.78, 5) is 0. The lowest BCUT2D eigenvalue weighted by Crippen LogP contribution is -2.61. The Bertz CT molecular complexity index is 377. The number of hydrogen-bond acceptors (Lipinski definition) is 2. The fourth-order valence-electron chi connectivity index (χ4n) is 3.16. The van der Waals surface area contributed by atoms with Crippen molar-refractivity contribution in [3.63, 3.8) is 0 Å². The Labute approximate surface area is 103 Å². The number of hydrogen-bond donors (Lipinski definition) is 1. The highest BCUT2D eigenvalue weighted by Gasteiger charge is 2.45. The van der Waals surface area contributed by atoms with Gasteiger partial charge in [-0.15, -0.1) is 0 Å². The van der Waals surface area contributed by atoms with Gasteiger partial charge in [0.1, 0.15) is 0 Å². The van der Waals surface area contributed by atoms with Crippen LogP contribution in [-0.4, -0.2) is 18.7 Å². The first-order chi connectivity index (χ1) is 8.23. The third-order valence-electron chi connectivity index (χ3n) is 4.15. The minimum absolute atomic E-state index is 0.0158. The highest BCUT2D eigenvalue weighted by molar-refractivity contribution is 5.24. The van der Waals surface area contributed by atoms with Crippen LogP contribution in [0.25, 0.3) is 0 Å². The molecule has 3 rings (SSSR count). The quantitative estimate of drug-likeness (QED) is 0.863. The predicted molar refractivity (Wildman–Crippen MR) is 68.9 cm³/mol. The molecule has 2 nitrogen and oxygen atoms in total. The fourth-order valence-corrected chi connectivity index (χ4v) is 3.16. The Morgan fingerprint density at radius 1 is 1.06 bits per heavy atom. The molecule has 17 heavy (non-hydrogen) atoms. The minimum atomic E-state index is -0.0158. The third-order valence-corrected chi connectivity index (χ3v) is 4.15. The first-order valence-corrected chi connectivity index (χ1v) is 6.69. The molecule has 0 aromatic heterocycles. The lowest BCUT2D eigenvalue weighted by atomic mass is 9.89. The minimum Gasteiger partial charge on any atom is -0.361 e. The Morgan fingerprint density at radius 2 is 1.71 bits per heavy atom. The molecule has 0 bridgehead atoms. The van der Waals surface area contributed by atoms with Crippen molar-refractivity contribution in [1.29, 1.82) is 0 Å². The van der Waals surface area contributed by atoms with E-state index in [2.05, 4.69) is 42.6 Å². The van der Waals surface area contributed by atoms with Crippen molar-refractivity contribution in [2.75, 3.05) is 13.1 Å². The molecule has 1 saturated carbocycles. The normalized spacial score (nSPS) is 25.5. The third kappa shape index (κ3) is 2.00. The van der Waals surface area contributed by atoms with Crippen LogP contribution in [0, 0.1) is 0 Å². The van der Waals surface area contributed by atoms with Gasteiger partial charge in [-0.2, -0.15) is 0 Å². The molecule has 0 amide bonds. The zero-order chi connectivity index (χ0) is 11.8. The SMILES string of the molecule is CC1(OC2(c3ccccc3)CCCC2)CNC1. The van der Waals surface area contributed by atoms with Gasteiger partial charge in [0, 0.05) is 13.1 Å². The van der Waals surface area contributed by atoms with Gasteiger partial charge in [-0.1, -0.05) is 43.2 Å². The summed E-state index contributed by atoms with van der Waals surface area (Å²) in [5.41, 5.74) is 1.39. The number of nitrogens with one attached hydrogen (secondary N) is 1. The second kappa shape index (κ2) is 4.11. The van der Waals surface area contributed by atoms with Gasteiger partial charge in [0.25, 0.3) is 0 Å². The Kier molecular flexibility index (Phi) is 2.72. The standard InChI is InChI=1S/C15H21NO/c1-14(11-16-12-14)17-15(9-5-6-10-15)13-7-3-2-4-8-13/h2-4,7-8,16H,5-6,9-12H2,1H3. The van der Waals surface area contributed by atoms with E-state index in [0.717, 1.165) is 13.1 Å². The highest BCUT2D eigenvalue weighted by atomic mass is 16.5. The average molecular weight is 231 g/mol. The van der Waals surface area contributed by atoms with E-state index in [-0.39, 0.29) is 11.2 Å². The number of ether oxygens (including phenoxy) is 1. The van der Waals surface area contributed by atoms with Crippen LogP contribution in [0.2, 0.25) is 0 Å². The lowest BCUT2D eigenvalue weighted by Gasteiger charge is -2.46. The Hall–Kier alpha value is -0.860. The Balaban J connectivity index is 1.88. The van der Waals surface area contributed by atoms with Crippen LogP contribution < -0.4 is 5.32 Å². The molecule has 2 aliphatic rings. The first kappa shape index (κ1) is 11.2. The molecule has 1 N–H and O–H groups in total. The van der Waals surface area contributed by atoms with Crippen molar-refractivity contribution in [1.82, 2.24) is 5.32 Å². The van der Waals surface area contributed by atoms with Crippen molar-refractivity contribution in [2.45, 2.75) is 43.8 Å². The van der Waals surface area contributed by atoms with E-state index in [0.29, 0.717) is 0 Å². The monoisotopic (exact) mass is 231 g/mol. The maximum atomic E-state index is 6.55. The van der Waals surface area contributed by atoms with E-state index in [1.165, 1.54) is 31.2 Å². The summed E-state index contributed by atoms with van der Waals surface area (Å²) in [5, 5.41) is 3.32. The number of benzene rings is 1. The van der Waals surface area contributed by atoms with Crippen LogP contribution in [0.4, 0.5) is 0 Å². The molecule has 0 radical (unpaired) electrons. The van der Waals surface area contributed by atoms with Gasteiger partial charge in [-0.05, 0) is 25.3 Å². The molecule has 1 saturated heterocycles. The van der Waals surface area contributed by atoms with Crippen LogP contribution >= 0.6 is 0 Å². The summed E-state index contributed by atoms with van der Waals surface area (Å²) >= 11 is 0. The van der Waals surface area contributed by atoms with Crippen molar-refractivity contribution in [3.8, 4) is 0 Å². The van der Waals surface area contributed by atoms with Crippen LogP contribution in [0.3, 0.4) is 0 Å². The molecule has 0 atom stereocenters. The molecule has 2 heteroatoms. The largest absolute Gasteiger partial charge is 0.361 e. The van der Waals surface area contributed by atoms with Crippen LogP contribution in [-0.2, 0) is 10.3 Å². The van der Waals surface area contributed by atoms with Gasteiger partial charge >= 0.3 is 0 Å². The molecule has 2 fully saturated rings. The molecular formula is C15H21NO. The summed E-state index contributed by atoms with van der Waals surface area (Å²) in [6, 6.07) is 10.8. The molecule has 0 unspecified atom stereocenters. The van der Waals surface area contributed by atoms with Crippen molar-refractivity contribution < 1.29 is 4.74 Å². The van der Waals surface area contributed by atoms with Gasteiger partial charge in [-0.3, -0.25) is 0 Å². The molecule has 0 spiro atoms. The van der Waals surface area contributed by atoms with Gasteiger partial charge < -0.3 is 10.1 Å². The highest BCUT2D eigenvalue weighted by Crippen LogP contribution is 2.45. The maximum absolute atomic E-state index is 6.55. The molecule has 92 valence electrons. The smallest absolute Gasteiger partial charge is 0.0940 e. The molecule has 1 aliphatic carbocycles. The fraction of sp³-hybridized carbons (Fsp3) is 0.600. The topological polar surface area (TPSA) is 21.3 Å². The van der Waals surface area contributed by atoms with Crippen LogP contribution in [0.1, 0.15) is 38.2 Å². The average Bonchev–Trinajstić information content (AvgIpc) is 2.78. The van der Waals surface area contributed by atoms with E-state index >= 15 is 0 Å². The van der Waals surface area contributed by atoms with E-state index in [4.69, 9.17) is 4.74 Å². The predicted octanol–water partition coefficient (Wildman–Crippen LogP) is 2.83. The van der Waals surface area contributed by atoms with Gasteiger partial charge in [-0.25, -0.2) is 0 Å². The summed E-state index contributed by atoms with van der Waals surface area (Å²) < 4.78 is 6.55. The summed E-state index contributed by atoms with van der Waals surface area (Å²) in [7, 11) is 0. The second-order valence-corrected chi connectivity index (χ2v) is 5.72. The van der Waals surface area contributed by atoms with E-state index in [1.54, 1.807) is 0 Å². The molecule has 1 aromatic carbocycles. The van der Waals surface area contributed by atoms with E-state index < -0.39 is 0 Å². The molecule has 1 aromatic rings. The second-order valence-electron chi connectivity index (χ2n) is 5.72. The molecular weight excluding hydrogens is 210 g/mol. The maximum Gasteiger partial charge on any atom is 0.0940 e. The zero-order valence-electron chi connectivity index (χ0n) is 10.5. The van der Waals surface area contributed by atoms with Crippen molar-refractivity contribution >= 4 is 0 Å². The number of rotatable bonds is 3. The lowest BCUT2D eigenvalue weighted by molar-refractivity contribution is -0.172. The van der Waals surface area contributed by atoms with Gasteiger partial charge in [0.05, 0.1) is 11.2 Å². The molecule has 1 aliphatic heterocycles. The van der Waals surface area contributed by atoms with Crippen molar-refractivity contribution in [3.05, 3.63) is 35.9 Å². The van der Waals surface area contributed by atoms with Crippen LogP contribution in [0.5, 0.6) is 0 Å². The van der Waals surface area contributed by atoms with Crippen molar-refractivity contribution in [2.24, 2.45) is 0 Å². The van der Waals surface area contributed by atoms with E-state index in [1.807, 2.05) is 0 Å². The zero-order valence-corrected chi connectivity index (χ0v) is 10.5. The van der Waals surface area contributed by atoms with Gasteiger partial charge in [0.15, 0.2) is 0 Å². The van der Waals surface area contributed by atoms with Gasteiger partial charge in [0.2, 0.25) is 0 Å². The first-order valence-electron chi connectivity index (χ1n) is 6.69. The molecule has 1 heterocycles. The van der Waals surface area contributed by atoms with Crippen LogP contribution in [0.15, 0.2) is 30.3 Å². The Morgan fingerprint density at radius 3 is 2.24 bits per heavy atom.